The molecule has 0 aliphatic heterocycles. The average Bonchev–Trinajstić information content (AvgIpc) is 2.67. The van der Waals surface area contributed by atoms with Crippen LogP contribution in [0.4, 0.5) is 14.5 Å². The van der Waals surface area contributed by atoms with Crippen LogP contribution in [-0.4, -0.2) is 11.5 Å². The van der Waals surface area contributed by atoms with Crippen LogP contribution in [0.25, 0.3) is 0 Å². The van der Waals surface area contributed by atoms with E-state index in [2.05, 4.69) is 10.3 Å². The van der Waals surface area contributed by atoms with Gasteiger partial charge in [0.05, 0.1) is 6.20 Å². The minimum atomic E-state index is -0.164. The van der Waals surface area contributed by atoms with E-state index in [0.29, 0.717) is 23.5 Å². The van der Waals surface area contributed by atoms with Crippen molar-refractivity contribution in [1.29, 1.82) is 0 Å². The molecular formula is C11H12FN3S. The lowest BCUT2D eigenvalue weighted by Crippen LogP contribution is -2.05. The molecular weight excluding hydrogens is 225 g/mol. The quantitative estimate of drug-likeness (QED) is 0.859. The molecule has 0 saturated carbocycles. The minimum absolute atomic E-state index is 0.164. The largest absolute Gasteiger partial charge is 0.389 e. The van der Waals surface area contributed by atoms with Gasteiger partial charge in [-0.15, -0.1) is 0 Å². The fourth-order valence-electron chi connectivity index (χ4n) is 1.37. The summed E-state index contributed by atoms with van der Waals surface area (Å²) in [6.45, 7) is 0.647. The highest BCUT2D eigenvalue weighted by atomic mass is 32.1. The average molecular weight is 237 g/mol. The van der Waals surface area contributed by atoms with Crippen LogP contribution in [0.15, 0.2) is 30.5 Å². The summed E-state index contributed by atoms with van der Waals surface area (Å²) in [6, 6.07) is 6.78. The molecule has 0 saturated heterocycles. The van der Waals surface area contributed by atoms with Crippen molar-refractivity contribution >= 4 is 21.5 Å². The van der Waals surface area contributed by atoms with Gasteiger partial charge in [0.15, 0.2) is 5.13 Å². The summed E-state index contributed by atoms with van der Waals surface area (Å²) in [5, 5.41) is 4.55. The second kappa shape index (κ2) is 4.94. The molecule has 1 aromatic carbocycles. The molecule has 0 aliphatic carbocycles. The van der Waals surface area contributed by atoms with Gasteiger partial charge in [0.2, 0.25) is 0 Å². The SMILES string of the molecule is Nc1cnc(NCCc2ccccc2F)s1. The van der Waals surface area contributed by atoms with Crippen LogP contribution in [-0.2, 0) is 6.42 Å². The van der Waals surface area contributed by atoms with E-state index in [-0.39, 0.29) is 5.82 Å². The number of thiazole rings is 1. The van der Waals surface area contributed by atoms with Gasteiger partial charge in [0.1, 0.15) is 10.8 Å². The van der Waals surface area contributed by atoms with Gasteiger partial charge in [-0.05, 0) is 18.1 Å². The first-order valence-corrected chi connectivity index (χ1v) is 5.76. The summed E-state index contributed by atoms with van der Waals surface area (Å²) in [4.78, 5) is 4.06. The molecule has 0 spiro atoms. The van der Waals surface area contributed by atoms with Crippen LogP contribution in [0.5, 0.6) is 0 Å². The van der Waals surface area contributed by atoms with E-state index in [9.17, 15) is 4.39 Å². The Bertz CT molecular complexity index is 470. The van der Waals surface area contributed by atoms with Gasteiger partial charge in [-0.2, -0.15) is 0 Å². The molecule has 16 heavy (non-hydrogen) atoms. The zero-order valence-corrected chi connectivity index (χ0v) is 9.43. The van der Waals surface area contributed by atoms with Gasteiger partial charge in [-0.1, -0.05) is 29.5 Å². The van der Waals surface area contributed by atoms with Crippen LogP contribution in [0, 0.1) is 5.82 Å². The molecule has 0 radical (unpaired) electrons. The van der Waals surface area contributed by atoms with Crippen molar-refractivity contribution in [2.24, 2.45) is 0 Å². The number of hydrogen-bond acceptors (Lipinski definition) is 4. The van der Waals surface area contributed by atoms with Gasteiger partial charge in [0, 0.05) is 6.54 Å². The van der Waals surface area contributed by atoms with Crippen molar-refractivity contribution in [2.45, 2.75) is 6.42 Å². The summed E-state index contributed by atoms with van der Waals surface area (Å²) >= 11 is 1.39. The molecule has 0 unspecified atom stereocenters. The van der Waals surface area contributed by atoms with Gasteiger partial charge < -0.3 is 11.1 Å². The third-order valence-electron chi connectivity index (χ3n) is 2.15. The molecule has 1 aromatic heterocycles. The molecule has 0 fully saturated rings. The van der Waals surface area contributed by atoms with Crippen molar-refractivity contribution in [1.82, 2.24) is 4.98 Å². The zero-order valence-electron chi connectivity index (χ0n) is 8.61. The number of nitrogens with two attached hydrogens (primary N) is 1. The lowest BCUT2D eigenvalue weighted by atomic mass is 10.1. The first-order chi connectivity index (χ1) is 7.75. The number of anilines is 2. The topological polar surface area (TPSA) is 50.9 Å². The summed E-state index contributed by atoms with van der Waals surface area (Å²) < 4.78 is 13.3. The fraction of sp³-hybridized carbons (Fsp3) is 0.182. The predicted octanol–water partition coefficient (Wildman–Crippen LogP) is 2.52. The lowest BCUT2D eigenvalue weighted by molar-refractivity contribution is 0.610. The molecule has 3 nitrogen and oxygen atoms in total. The number of benzene rings is 1. The molecule has 2 rings (SSSR count). The summed E-state index contributed by atoms with van der Waals surface area (Å²) in [5.74, 6) is -0.164. The summed E-state index contributed by atoms with van der Waals surface area (Å²) in [7, 11) is 0. The maximum atomic E-state index is 13.3. The number of nitrogen functional groups attached to an aromatic ring is 1. The molecule has 0 aliphatic rings. The van der Waals surface area contributed by atoms with E-state index >= 15 is 0 Å². The highest BCUT2D eigenvalue weighted by Gasteiger charge is 2.01. The van der Waals surface area contributed by atoms with E-state index in [1.807, 2.05) is 6.07 Å². The Labute approximate surface area is 97.1 Å². The van der Waals surface area contributed by atoms with Gasteiger partial charge in [0.25, 0.3) is 0 Å². The predicted molar refractivity (Wildman–Crippen MR) is 65.1 cm³/mol. The highest BCUT2D eigenvalue weighted by molar-refractivity contribution is 7.19. The fourth-order valence-corrected chi connectivity index (χ4v) is 1.98. The Morgan fingerprint density at radius 3 is 2.88 bits per heavy atom. The molecule has 0 bridgehead atoms. The van der Waals surface area contributed by atoms with E-state index in [0.717, 1.165) is 5.13 Å². The van der Waals surface area contributed by atoms with Gasteiger partial charge >= 0.3 is 0 Å². The third kappa shape index (κ3) is 2.70. The molecule has 3 N–H and O–H groups in total. The first-order valence-electron chi connectivity index (χ1n) is 4.94. The normalized spacial score (nSPS) is 10.3. The number of nitrogens with zero attached hydrogens (tertiary/aromatic N) is 1. The van der Waals surface area contributed by atoms with Crippen molar-refractivity contribution in [3.05, 3.63) is 41.8 Å². The molecule has 5 heteroatoms. The smallest absolute Gasteiger partial charge is 0.184 e. The second-order valence-electron chi connectivity index (χ2n) is 3.34. The van der Waals surface area contributed by atoms with Crippen molar-refractivity contribution in [3.8, 4) is 0 Å². The monoisotopic (exact) mass is 237 g/mol. The van der Waals surface area contributed by atoms with Crippen molar-refractivity contribution in [3.63, 3.8) is 0 Å². The van der Waals surface area contributed by atoms with Gasteiger partial charge in [-0.25, -0.2) is 9.37 Å². The standard InChI is InChI=1S/C11H12FN3S/c12-9-4-2-1-3-8(9)5-6-14-11-15-7-10(13)16-11/h1-4,7H,5-6,13H2,(H,14,15). The minimum Gasteiger partial charge on any atom is -0.389 e. The Kier molecular flexibility index (Phi) is 3.36. The molecule has 0 atom stereocenters. The van der Waals surface area contributed by atoms with Crippen LogP contribution in [0.2, 0.25) is 0 Å². The Morgan fingerprint density at radius 2 is 2.19 bits per heavy atom. The molecule has 2 aromatic rings. The maximum Gasteiger partial charge on any atom is 0.184 e. The van der Waals surface area contributed by atoms with Crippen LogP contribution in [0.1, 0.15) is 5.56 Å². The van der Waals surface area contributed by atoms with Crippen LogP contribution >= 0.6 is 11.3 Å². The van der Waals surface area contributed by atoms with E-state index in [1.165, 1.54) is 17.4 Å². The van der Waals surface area contributed by atoms with E-state index in [1.54, 1.807) is 18.3 Å². The number of rotatable bonds is 4. The Balaban J connectivity index is 1.87. The van der Waals surface area contributed by atoms with Crippen LogP contribution in [0.3, 0.4) is 0 Å². The van der Waals surface area contributed by atoms with Crippen molar-refractivity contribution < 1.29 is 4.39 Å². The first kappa shape index (κ1) is 10.9. The number of hydrogen-bond donors (Lipinski definition) is 2. The molecule has 84 valence electrons. The lowest BCUT2D eigenvalue weighted by Gasteiger charge is -2.03. The van der Waals surface area contributed by atoms with Crippen molar-refractivity contribution in [2.75, 3.05) is 17.6 Å². The second-order valence-corrected chi connectivity index (χ2v) is 4.40. The Morgan fingerprint density at radius 1 is 1.38 bits per heavy atom. The van der Waals surface area contributed by atoms with Gasteiger partial charge in [-0.3, -0.25) is 0 Å². The third-order valence-corrected chi connectivity index (χ3v) is 2.94. The molecule has 0 amide bonds. The van der Waals surface area contributed by atoms with Crippen LogP contribution < -0.4 is 11.1 Å². The highest BCUT2D eigenvalue weighted by Crippen LogP contribution is 2.19. The van der Waals surface area contributed by atoms with E-state index < -0.39 is 0 Å². The zero-order chi connectivity index (χ0) is 11.4. The summed E-state index contributed by atoms with van der Waals surface area (Å²) in [6.07, 6.45) is 2.24. The Hall–Kier alpha value is -1.62. The number of nitrogens with one attached hydrogen (secondary N) is 1. The molecule has 1 heterocycles. The summed E-state index contributed by atoms with van der Waals surface area (Å²) in [5.41, 5.74) is 6.25. The maximum absolute atomic E-state index is 13.3. The number of halogens is 1. The van der Waals surface area contributed by atoms with E-state index in [4.69, 9.17) is 5.73 Å². The number of aromatic nitrogens is 1.